The quantitative estimate of drug-likeness (QED) is 0.720. The summed E-state index contributed by atoms with van der Waals surface area (Å²) in [4.78, 5) is 6.69. The van der Waals surface area contributed by atoms with Crippen molar-refractivity contribution in [3.8, 4) is 0 Å². The second-order valence-electron chi connectivity index (χ2n) is 4.46. The summed E-state index contributed by atoms with van der Waals surface area (Å²) in [5, 5.41) is 11.5. The molecule has 0 spiro atoms. The Hall–Kier alpha value is -1.27. The fraction of sp³-hybridized carbons (Fsp3) is 0.769. The lowest BCUT2D eigenvalue weighted by Gasteiger charge is -2.16. The summed E-state index contributed by atoms with van der Waals surface area (Å²) < 4.78 is 5.04. The van der Waals surface area contributed by atoms with Gasteiger partial charge < -0.3 is 15.0 Å². The molecule has 0 aliphatic heterocycles. The Balaban J connectivity index is 2.41. The average molecular weight is 267 g/mol. The number of hydrogen-bond acceptors (Lipinski definition) is 6. The summed E-state index contributed by atoms with van der Waals surface area (Å²) in [5.41, 5.74) is 2.03. The van der Waals surface area contributed by atoms with Gasteiger partial charge in [0.05, 0.1) is 18.0 Å². The lowest BCUT2D eigenvalue weighted by atomic mass is 10.2. The number of methoxy groups -OCH3 is 1. The molecule has 0 radical (unpaired) electrons. The van der Waals surface area contributed by atoms with Gasteiger partial charge in [-0.1, -0.05) is 13.8 Å². The molecule has 0 saturated carbocycles. The van der Waals surface area contributed by atoms with E-state index in [0.717, 1.165) is 50.5 Å². The maximum Gasteiger partial charge on any atom is 0.243 e. The molecule has 19 heavy (non-hydrogen) atoms. The minimum Gasteiger partial charge on any atom is -0.383 e. The molecule has 0 unspecified atom stereocenters. The maximum atomic E-state index is 5.04. The number of aryl methyl sites for hydroxylation is 2. The molecule has 0 aromatic carbocycles. The number of rotatable bonds is 9. The van der Waals surface area contributed by atoms with Crippen molar-refractivity contribution in [3.05, 3.63) is 11.4 Å². The Bertz CT molecular complexity index is 372. The molecule has 0 atom stereocenters. The van der Waals surface area contributed by atoms with Gasteiger partial charge in [-0.15, -0.1) is 5.10 Å². The fourth-order valence-electron chi connectivity index (χ4n) is 1.73. The zero-order valence-electron chi connectivity index (χ0n) is 12.4. The normalized spacial score (nSPS) is 11.0. The third-order valence-electron chi connectivity index (χ3n) is 2.96. The van der Waals surface area contributed by atoms with E-state index in [-0.39, 0.29) is 0 Å². The van der Waals surface area contributed by atoms with Gasteiger partial charge in [-0.2, -0.15) is 5.10 Å². The molecular weight excluding hydrogens is 242 g/mol. The predicted octanol–water partition coefficient (Wildman–Crippen LogP) is 0.986. The number of ether oxygens (including phenoxy) is 1. The van der Waals surface area contributed by atoms with Crippen LogP contribution in [0.5, 0.6) is 0 Å². The zero-order valence-corrected chi connectivity index (χ0v) is 12.4. The van der Waals surface area contributed by atoms with Crippen molar-refractivity contribution in [1.82, 2.24) is 20.1 Å². The van der Waals surface area contributed by atoms with Gasteiger partial charge in [-0.25, -0.2) is 4.98 Å². The van der Waals surface area contributed by atoms with Gasteiger partial charge in [0.15, 0.2) is 0 Å². The topological polar surface area (TPSA) is 63.2 Å². The van der Waals surface area contributed by atoms with Crippen molar-refractivity contribution in [3.63, 3.8) is 0 Å². The summed E-state index contributed by atoms with van der Waals surface area (Å²) in [6.07, 6.45) is 1.77. The van der Waals surface area contributed by atoms with Crippen LogP contribution >= 0.6 is 0 Å². The van der Waals surface area contributed by atoms with E-state index in [4.69, 9.17) is 4.74 Å². The van der Waals surface area contributed by atoms with Crippen LogP contribution in [0, 0.1) is 0 Å². The predicted molar refractivity (Wildman–Crippen MR) is 76.4 cm³/mol. The lowest BCUT2D eigenvalue weighted by molar-refractivity contribution is 0.163. The van der Waals surface area contributed by atoms with E-state index < -0.39 is 0 Å². The van der Waals surface area contributed by atoms with Gasteiger partial charge in [0, 0.05) is 26.7 Å². The first-order valence-electron chi connectivity index (χ1n) is 6.85. The number of aromatic nitrogens is 3. The van der Waals surface area contributed by atoms with E-state index in [0.29, 0.717) is 5.95 Å². The Labute approximate surface area is 115 Å². The first-order chi connectivity index (χ1) is 9.21. The second kappa shape index (κ2) is 8.77. The van der Waals surface area contributed by atoms with E-state index in [9.17, 15) is 0 Å². The summed E-state index contributed by atoms with van der Waals surface area (Å²) in [5.74, 6) is 0.620. The van der Waals surface area contributed by atoms with Crippen molar-refractivity contribution in [1.29, 1.82) is 0 Å². The maximum absolute atomic E-state index is 5.04. The molecule has 108 valence electrons. The molecule has 0 aliphatic carbocycles. The van der Waals surface area contributed by atoms with Crippen molar-refractivity contribution in [2.45, 2.75) is 26.7 Å². The third-order valence-corrected chi connectivity index (χ3v) is 2.96. The molecule has 1 rings (SSSR count). The number of hydrogen-bond donors (Lipinski definition) is 1. The van der Waals surface area contributed by atoms with E-state index in [2.05, 4.69) is 46.3 Å². The van der Waals surface area contributed by atoms with Gasteiger partial charge in [0.2, 0.25) is 5.95 Å². The van der Waals surface area contributed by atoms with Gasteiger partial charge in [-0.05, 0) is 19.9 Å². The molecule has 6 heteroatoms. The first kappa shape index (κ1) is 15.8. The van der Waals surface area contributed by atoms with Crippen LogP contribution in [0.25, 0.3) is 0 Å². The molecule has 1 heterocycles. The summed E-state index contributed by atoms with van der Waals surface area (Å²) in [6, 6.07) is 0. The largest absolute Gasteiger partial charge is 0.383 e. The van der Waals surface area contributed by atoms with E-state index in [1.54, 1.807) is 7.11 Å². The summed E-state index contributed by atoms with van der Waals surface area (Å²) in [6.45, 7) is 7.56. The van der Waals surface area contributed by atoms with E-state index >= 15 is 0 Å². The molecule has 0 amide bonds. The monoisotopic (exact) mass is 267 g/mol. The van der Waals surface area contributed by atoms with Crippen LogP contribution in [-0.4, -0.2) is 60.5 Å². The van der Waals surface area contributed by atoms with Crippen LogP contribution in [-0.2, 0) is 17.6 Å². The highest BCUT2D eigenvalue weighted by atomic mass is 16.5. The molecule has 1 aromatic heterocycles. The van der Waals surface area contributed by atoms with Crippen LogP contribution < -0.4 is 5.32 Å². The molecule has 0 fully saturated rings. The number of anilines is 1. The van der Waals surface area contributed by atoms with E-state index in [1.807, 2.05) is 0 Å². The molecule has 1 aromatic rings. The van der Waals surface area contributed by atoms with Crippen LogP contribution in [0.4, 0.5) is 5.95 Å². The molecule has 0 aliphatic rings. The Morgan fingerprint density at radius 2 is 1.84 bits per heavy atom. The first-order valence-corrected chi connectivity index (χ1v) is 6.85. The highest BCUT2D eigenvalue weighted by molar-refractivity contribution is 5.25. The highest BCUT2D eigenvalue weighted by Crippen LogP contribution is 2.06. The van der Waals surface area contributed by atoms with Crippen molar-refractivity contribution in [2.75, 3.05) is 45.7 Å². The molecular formula is C13H25N5O. The SMILES string of the molecule is CCc1nnc(NCCN(C)CCOC)nc1CC. The minimum absolute atomic E-state index is 0.620. The van der Waals surface area contributed by atoms with Gasteiger partial charge in [0.1, 0.15) is 0 Å². The van der Waals surface area contributed by atoms with Crippen LogP contribution in [0.15, 0.2) is 0 Å². The Morgan fingerprint density at radius 3 is 2.47 bits per heavy atom. The van der Waals surface area contributed by atoms with Crippen LogP contribution in [0.1, 0.15) is 25.2 Å². The second-order valence-corrected chi connectivity index (χ2v) is 4.46. The minimum atomic E-state index is 0.620. The molecule has 0 bridgehead atoms. The summed E-state index contributed by atoms with van der Waals surface area (Å²) >= 11 is 0. The van der Waals surface area contributed by atoms with Gasteiger partial charge in [0.25, 0.3) is 0 Å². The smallest absolute Gasteiger partial charge is 0.243 e. The Kier molecular flexibility index (Phi) is 7.28. The van der Waals surface area contributed by atoms with Crippen molar-refractivity contribution in [2.24, 2.45) is 0 Å². The third kappa shape index (κ3) is 5.48. The van der Waals surface area contributed by atoms with Crippen molar-refractivity contribution < 1.29 is 4.74 Å². The van der Waals surface area contributed by atoms with Gasteiger partial charge >= 0.3 is 0 Å². The fourth-order valence-corrected chi connectivity index (χ4v) is 1.73. The van der Waals surface area contributed by atoms with Crippen LogP contribution in [0.2, 0.25) is 0 Å². The average Bonchev–Trinajstić information content (AvgIpc) is 2.44. The number of likely N-dealkylation sites (N-methyl/N-ethyl adjacent to an activating group) is 1. The highest BCUT2D eigenvalue weighted by Gasteiger charge is 2.05. The van der Waals surface area contributed by atoms with E-state index in [1.165, 1.54) is 0 Å². The lowest BCUT2D eigenvalue weighted by Crippen LogP contribution is -2.28. The molecule has 6 nitrogen and oxygen atoms in total. The van der Waals surface area contributed by atoms with Crippen LogP contribution in [0.3, 0.4) is 0 Å². The number of nitrogens with zero attached hydrogens (tertiary/aromatic N) is 4. The van der Waals surface area contributed by atoms with Gasteiger partial charge in [-0.3, -0.25) is 0 Å². The standard InChI is InChI=1S/C13H25N5O/c1-5-11-12(6-2)16-17-13(15-11)14-7-8-18(3)9-10-19-4/h5-10H2,1-4H3,(H,14,15,17). The summed E-state index contributed by atoms with van der Waals surface area (Å²) in [7, 11) is 3.78. The zero-order chi connectivity index (χ0) is 14.1. The number of nitrogens with one attached hydrogen (secondary N) is 1. The molecule has 1 N–H and O–H groups in total. The molecule has 0 saturated heterocycles. The van der Waals surface area contributed by atoms with Crippen molar-refractivity contribution >= 4 is 5.95 Å². The Morgan fingerprint density at radius 1 is 1.11 bits per heavy atom.